The molecule has 0 atom stereocenters. The summed E-state index contributed by atoms with van der Waals surface area (Å²) < 4.78 is 37.7. The fraction of sp³-hybridized carbons (Fsp3) is 0.182. The summed E-state index contributed by atoms with van der Waals surface area (Å²) in [6, 6.07) is 4.67. The van der Waals surface area contributed by atoms with E-state index >= 15 is 0 Å². The van der Waals surface area contributed by atoms with E-state index in [9.17, 15) is 18.0 Å². The number of halogens is 3. The second-order valence-electron chi connectivity index (χ2n) is 3.12. The van der Waals surface area contributed by atoms with Gasteiger partial charge in [0.15, 0.2) is 0 Å². The lowest BCUT2D eigenvalue weighted by atomic mass is 9.95. The topological polar surface area (TPSA) is 64.7 Å². The Hall–Kier alpha value is -2.34. The monoisotopic (exact) mass is 238 g/mol. The zero-order chi connectivity index (χ0) is 13.1. The van der Waals surface area contributed by atoms with Crippen molar-refractivity contribution in [1.82, 2.24) is 0 Å². The number of rotatable bonds is 2. The molecule has 0 unspecified atom stereocenters. The third kappa shape index (κ3) is 2.43. The summed E-state index contributed by atoms with van der Waals surface area (Å²) in [5, 5.41) is 17.2. The molecule has 1 aromatic rings. The van der Waals surface area contributed by atoms with Crippen LogP contribution in [0.3, 0.4) is 0 Å². The first-order valence-electron chi connectivity index (χ1n) is 4.41. The Kier molecular flexibility index (Phi) is 3.49. The molecule has 0 bridgehead atoms. The summed E-state index contributed by atoms with van der Waals surface area (Å²) in [4.78, 5) is 10.6. The summed E-state index contributed by atoms with van der Waals surface area (Å²) in [6.45, 7) is 0. The van der Waals surface area contributed by atoms with Crippen molar-refractivity contribution in [3.63, 3.8) is 0 Å². The number of alkyl halides is 3. The number of hydrogen-bond acceptors (Lipinski definition) is 3. The summed E-state index contributed by atoms with van der Waals surface area (Å²) >= 11 is 0. The van der Waals surface area contributed by atoms with Gasteiger partial charge in [-0.15, -0.1) is 0 Å². The van der Waals surface area contributed by atoms with Crippen molar-refractivity contribution in [2.45, 2.75) is 12.6 Å². The number of aldehydes is 1. The highest BCUT2D eigenvalue weighted by atomic mass is 19.4. The number of nitriles is 2. The van der Waals surface area contributed by atoms with Crippen molar-refractivity contribution < 1.29 is 18.0 Å². The average Bonchev–Trinajstić information content (AvgIpc) is 2.27. The van der Waals surface area contributed by atoms with Gasteiger partial charge in [-0.2, -0.15) is 23.7 Å². The van der Waals surface area contributed by atoms with Gasteiger partial charge in [-0.1, -0.05) is 6.07 Å². The first-order chi connectivity index (χ1) is 7.95. The number of carbonyl (C=O) groups excluding carboxylic acids is 1. The molecule has 0 aliphatic heterocycles. The molecule has 0 radical (unpaired) electrons. The highest BCUT2D eigenvalue weighted by Gasteiger charge is 2.35. The molecule has 0 amide bonds. The molecule has 0 spiro atoms. The molecule has 3 nitrogen and oxygen atoms in total. The van der Waals surface area contributed by atoms with Gasteiger partial charge < -0.3 is 0 Å². The Labute approximate surface area is 94.7 Å². The lowest BCUT2D eigenvalue weighted by Crippen LogP contribution is -2.11. The maximum absolute atomic E-state index is 12.6. The maximum Gasteiger partial charge on any atom is 0.417 e. The van der Waals surface area contributed by atoms with Gasteiger partial charge >= 0.3 is 6.18 Å². The van der Waals surface area contributed by atoms with Gasteiger partial charge in [-0.3, -0.25) is 4.79 Å². The van der Waals surface area contributed by atoms with E-state index in [1.165, 1.54) is 6.07 Å². The van der Waals surface area contributed by atoms with Gasteiger partial charge in [0.1, 0.15) is 12.4 Å². The van der Waals surface area contributed by atoms with E-state index in [1.54, 1.807) is 6.07 Å². The lowest BCUT2D eigenvalue weighted by Gasteiger charge is -2.12. The predicted molar refractivity (Wildman–Crippen MR) is 50.9 cm³/mol. The van der Waals surface area contributed by atoms with Crippen LogP contribution in [0.15, 0.2) is 12.1 Å². The van der Waals surface area contributed by atoms with Crippen LogP contribution < -0.4 is 0 Å². The fourth-order valence-electron chi connectivity index (χ4n) is 1.41. The number of benzene rings is 1. The molecule has 0 aromatic heterocycles. The molecule has 1 aromatic carbocycles. The van der Waals surface area contributed by atoms with Crippen LogP contribution in [0.5, 0.6) is 0 Å². The highest BCUT2D eigenvalue weighted by molar-refractivity contribution is 5.79. The lowest BCUT2D eigenvalue weighted by molar-refractivity contribution is -0.137. The molecule has 1 rings (SSSR count). The highest BCUT2D eigenvalue weighted by Crippen LogP contribution is 2.34. The third-order valence-electron chi connectivity index (χ3n) is 2.15. The number of nitrogens with zero attached hydrogens (tertiary/aromatic N) is 2. The fourth-order valence-corrected chi connectivity index (χ4v) is 1.41. The van der Waals surface area contributed by atoms with E-state index in [1.807, 2.05) is 0 Å². The first-order valence-corrected chi connectivity index (χ1v) is 4.41. The smallest absolute Gasteiger partial charge is 0.298 e. The SMILES string of the molecule is N#CCc1c(C=O)ccc(C(F)(F)F)c1C#N. The van der Waals surface area contributed by atoms with Gasteiger partial charge in [0.05, 0.1) is 23.6 Å². The van der Waals surface area contributed by atoms with E-state index in [2.05, 4.69) is 0 Å². The third-order valence-corrected chi connectivity index (χ3v) is 2.15. The summed E-state index contributed by atoms with van der Waals surface area (Å²) in [5.74, 6) is 0. The van der Waals surface area contributed by atoms with Crippen molar-refractivity contribution in [3.8, 4) is 12.1 Å². The number of hydrogen-bond donors (Lipinski definition) is 0. The normalized spacial score (nSPS) is 10.4. The second-order valence-corrected chi connectivity index (χ2v) is 3.12. The molecule has 6 heteroatoms. The molecule has 0 aliphatic carbocycles. The molecular weight excluding hydrogens is 233 g/mol. The molecule has 17 heavy (non-hydrogen) atoms. The van der Waals surface area contributed by atoms with Crippen molar-refractivity contribution >= 4 is 6.29 Å². The largest absolute Gasteiger partial charge is 0.417 e. The Bertz CT molecular complexity index is 535. The molecule has 0 aliphatic rings. The van der Waals surface area contributed by atoms with Gasteiger partial charge in [0.25, 0.3) is 0 Å². The van der Waals surface area contributed by atoms with Crippen LogP contribution in [0.1, 0.15) is 27.0 Å². The van der Waals surface area contributed by atoms with Crippen molar-refractivity contribution in [2.75, 3.05) is 0 Å². The van der Waals surface area contributed by atoms with Crippen molar-refractivity contribution in [1.29, 1.82) is 10.5 Å². The van der Waals surface area contributed by atoms with E-state index in [0.29, 0.717) is 12.4 Å². The van der Waals surface area contributed by atoms with Gasteiger partial charge in [0, 0.05) is 5.56 Å². The van der Waals surface area contributed by atoms with Crippen molar-refractivity contribution in [2.24, 2.45) is 0 Å². The van der Waals surface area contributed by atoms with Crippen LogP contribution in [0.2, 0.25) is 0 Å². The standard InChI is InChI=1S/C11H5F3N2O/c12-11(13,14)10-2-1-7(6-17)8(3-4-15)9(10)5-16/h1-2,6H,3H2. The molecular formula is C11H5F3N2O. The minimum atomic E-state index is -4.68. The van der Waals surface area contributed by atoms with Crippen LogP contribution in [0.4, 0.5) is 13.2 Å². The predicted octanol–water partition coefficient (Wildman–Crippen LogP) is 2.46. The van der Waals surface area contributed by atoms with Gasteiger partial charge in [-0.05, 0) is 11.6 Å². The first kappa shape index (κ1) is 12.7. The van der Waals surface area contributed by atoms with Gasteiger partial charge in [-0.25, -0.2) is 0 Å². The van der Waals surface area contributed by atoms with Gasteiger partial charge in [0.2, 0.25) is 0 Å². The van der Waals surface area contributed by atoms with Crippen molar-refractivity contribution in [3.05, 3.63) is 34.4 Å². The Morgan fingerprint density at radius 2 is 1.94 bits per heavy atom. The zero-order valence-corrected chi connectivity index (χ0v) is 8.38. The summed E-state index contributed by atoms with van der Waals surface area (Å²) in [7, 11) is 0. The van der Waals surface area contributed by atoms with Crippen LogP contribution in [-0.2, 0) is 12.6 Å². The zero-order valence-electron chi connectivity index (χ0n) is 8.38. The Morgan fingerprint density at radius 1 is 1.29 bits per heavy atom. The van der Waals surface area contributed by atoms with E-state index in [4.69, 9.17) is 10.5 Å². The quantitative estimate of drug-likeness (QED) is 0.743. The van der Waals surface area contributed by atoms with E-state index in [-0.39, 0.29) is 11.1 Å². The molecule has 0 N–H and O–H groups in total. The van der Waals surface area contributed by atoms with E-state index in [0.717, 1.165) is 6.07 Å². The minimum Gasteiger partial charge on any atom is -0.298 e. The van der Waals surface area contributed by atoms with Crippen LogP contribution in [-0.4, -0.2) is 6.29 Å². The molecule has 0 heterocycles. The Morgan fingerprint density at radius 3 is 2.35 bits per heavy atom. The molecule has 0 saturated heterocycles. The van der Waals surface area contributed by atoms with Crippen LogP contribution in [0, 0.1) is 22.7 Å². The average molecular weight is 238 g/mol. The molecule has 86 valence electrons. The second kappa shape index (κ2) is 4.67. The maximum atomic E-state index is 12.6. The molecule has 0 saturated carbocycles. The van der Waals surface area contributed by atoms with Crippen LogP contribution >= 0.6 is 0 Å². The Balaban J connectivity index is 3.60. The summed E-state index contributed by atoms with van der Waals surface area (Å²) in [5.41, 5.74) is -2.05. The van der Waals surface area contributed by atoms with E-state index < -0.39 is 23.7 Å². The minimum absolute atomic E-state index is 0.0731. The summed E-state index contributed by atoms with van der Waals surface area (Å²) in [6.07, 6.45) is -4.77. The molecule has 0 fully saturated rings. The van der Waals surface area contributed by atoms with Crippen LogP contribution in [0.25, 0.3) is 0 Å². The number of carbonyl (C=O) groups is 1.